The van der Waals surface area contributed by atoms with Crippen LogP contribution in [0.2, 0.25) is 0 Å². The first kappa shape index (κ1) is 21.3. The first-order valence-corrected chi connectivity index (χ1v) is 10.1. The van der Waals surface area contributed by atoms with Crippen molar-refractivity contribution in [3.8, 4) is 0 Å². The van der Waals surface area contributed by atoms with Crippen molar-refractivity contribution in [1.29, 1.82) is 0 Å². The van der Waals surface area contributed by atoms with Crippen molar-refractivity contribution in [3.05, 3.63) is 78.1 Å². The van der Waals surface area contributed by atoms with Crippen molar-refractivity contribution in [1.82, 2.24) is 0 Å². The van der Waals surface area contributed by atoms with E-state index in [9.17, 15) is 0 Å². The van der Waals surface area contributed by atoms with Crippen molar-refractivity contribution in [2.45, 2.75) is 72.8 Å². The van der Waals surface area contributed by atoms with Gasteiger partial charge in [0.2, 0.25) is 0 Å². The Morgan fingerprint density at radius 2 is 1.63 bits per heavy atom. The Morgan fingerprint density at radius 1 is 1.00 bits per heavy atom. The van der Waals surface area contributed by atoms with Crippen molar-refractivity contribution in [2.75, 3.05) is 4.90 Å². The van der Waals surface area contributed by atoms with Crippen LogP contribution in [0.5, 0.6) is 0 Å². The number of hydrogen-bond acceptors (Lipinski definition) is 1. The number of allylic oxidation sites excluding steroid dienone is 5. The molecule has 1 heteroatoms. The lowest BCUT2D eigenvalue weighted by Crippen LogP contribution is -2.32. The molecule has 1 aromatic rings. The average molecular weight is 364 g/mol. The first-order chi connectivity index (χ1) is 12.5. The predicted octanol–water partition coefficient (Wildman–Crippen LogP) is 7.57. The zero-order valence-electron chi connectivity index (χ0n) is 18.3. The maximum absolute atomic E-state index is 3.79. The fourth-order valence-electron chi connectivity index (χ4n) is 3.49. The molecule has 0 radical (unpaired) electrons. The van der Waals surface area contributed by atoms with Crippen LogP contribution in [0.4, 0.5) is 5.69 Å². The SMILES string of the molecule is C=C/C=C\CC(C)N(C1=CC=C(C(C)(C)C)C1)c1ccc(C(C)(C)C)cc1. The Morgan fingerprint density at radius 3 is 2.11 bits per heavy atom. The summed E-state index contributed by atoms with van der Waals surface area (Å²) in [5, 5.41) is 0. The van der Waals surface area contributed by atoms with Gasteiger partial charge in [-0.15, -0.1) is 0 Å². The molecule has 0 spiro atoms. The van der Waals surface area contributed by atoms with Crippen molar-refractivity contribution < 1.29 is 0 Å². The van der Waals surface area contributed by atoms with Crippen LogP contribution >= 0.6 is 0 Å². The molecule has 1 unspecified atom stereocenters. The standard InChI is InChI=1S/C26H37N/c1-9-10-11-12-20(2)27(24-18-15-22(19-24)26(6,7)8)23-16-13-21(14-17-23)25(3,4)5/h9-11,13-18,20H,1,12,19H2,2-8H3/b11-10-. The van der Waals surface area contributed by atoms with Gasteiger partial charge < -0.3 is 4.90 Å². The number of anilines is 1. The highest BCUT2D eigenvalue weighted by Gasteiger charge is 2.26. The number of hydrogen-bond donors (Lipinski definition) is 0. The van der Waals surface area contributed by atoms with Crippen LogP contribution in [0.3, 0.4) is 0 Å². The summed E-state index contributed by atoms with van der Waals surface area (Å²) in [7, 11) is 0. The Hall–Kier alpha value is -2.02. The Bertz CT molecular complexity index is 730. The third-order valence-corrected chi connectivity index (χ3v) is 5.32. The van der Waals surface area contributed by atoms with E-state index in [4.69, 9.17) is 0 Å². The monoisotopic (exact) mass is 363 g/mol. The summed E-state index contributed by atoms with van der Waals surface area (Å²) in [4.78, 5) is 2.51. The summed E-state index contributed by atoms with van der Waals surface area (Å²) in [6.45, 7) is 19.8. The summed E-state index contributed by atoms with van der Waals surface area (Å²) in [5.41, 5.74) is 5.93. The van der Waals surface area contributed by atoms with Crippen LogP contribution in [0.1, 0.15) is 66.9 Å². The second-order valence-corrected chi connectivity index (χ2v) is 9.69. The molecule has 0 saturated carbocycles. The summed E-state index contributed by atoms with van der Waals surface area (Å²) in [6, 6.07) is 9.51. The van der Waals surface area contributed by atoms with E-state index in [1.165, 1.54) is 22.5 Å². The van der Waals surface area contributed by atoms with Gasteiger partial charge in [-0.1, -0.05) is 90.1 Å². The van der Waals surface area contributed by atoms with Gasteiger partial charge in [0, 0.05) is 23.8 Å². The Labute approximate surface area is 167 Å². The molecule has 1 aliphatic rings. The molecule has 0 saturated heterocycles. The van der Waals surface area contributed by atoms with E-state index in [0.717, 1.165) is 12.8 Å². The van der Waals surface area contributed by atoms with E-state index in [1.807, 2.05) is 12.2 Å². The zero-order valence-corrected chi connectivity index (χ0v) is 18.3. The van der Waals surface area contributed by atoms with Gasteiger partial charge in [-0.3, -0.25) is 0 Å². The van der Waals surface area contributed by atoms with Crippen LogP contribution in [-0.2, 0) is 5.41 Å². The third-order valence-electron chi connectivity index (χ3n) is 5.32. The molecule has 0 bridgehead atoms. The Balaban J connectivity index is 2.31. The molecule has 0 aromatic heterocycles. The van der Waals surface area contributed by atoms with Crippen LogP contribution < -0.4 is 4.90 Å². The van der Waals surface area contributed by atoms with Crippen molar-refractivity contribution in [2.24, 2.45) is 5.41 Å². The second-order valence-electron chi connectivity index (χ2n) is 9.69. The molecule has 1 nitrogen and oxygen atoms in total. The summed E-state index contributed by atoms with van der Waals surface area (Å²) in [5.74, 6) is 0. The van der Waals surface area contributed by atoms with E-state index in [2.05, 4.69) is 102 Å². The molecular formula is C26H37N. The molecule has 0 amide bonds. The van der Waals surface area contributed by atoms with Gasteiger partial charge in [-0.25, -0.2) is 0 Å². The molecule has 146 valence electrons. The number of rotatable bonds is 6. The highest BCUT2D eigenvalue weighted by molar-refractivity contribution is 5.57. The highest BCUT2D eigenvalue weighted by Crippen LogP contribution is 2.38. The predicted molar refractivity (Wildman–Crippen MR) is 121 cm³/mol. The minimum Gasteiger partial charge on any atom is -0.342 e. The molecule has 1 aliphatic carbocycles. The smallest absolute Gasteiger partial charge is 0.0411 e. The summed E-state index contributed by atoms with van der Waals surface area (Å²) < 4.78 is 0. The molecule has 1 atom stereocenters. The molecule has 27 heavy (non-hydrogen) atoms. The average Bonchev–Trinajstić information content (AvgIpc) is 3.05. The minimum absolute atomic E-state index is 0.176. The lowest BCUT2D eigenvalue weighted by atomic mass is 9.85. The van der Waals surface area contributed by atoms with Gasteiger partial charge >= 0.3 is 0 Å². The molecule has 2 rings (SSSR count). The fraction of sp³-hybridized carbons (Fsp3) is 0.462. The molecule has 1 aromatic carbocycles. The van der Waals surface area contributed by atoms with Gasteiger partial charge in [-0.05, 0) is 47.9 Å². The van der Waals surface area contributed by atoms with E-state index in [-0.39, 0.29) is 10.8 Å². The number of benzene rings is 1. The zero-order chi connectivity index (χ0) is 20.2. The third kappa shape index (κ3) is 5.48. The quantitative estimate of drug-likeness (QED) is 0.471. The molecule has 0 fully saturated rings. The van der Waals surface area contributed by atoms with Gasteiger partial charge in [0.05, 0.1) is 0 Å². The van der Waals surface area contributed by atoms with E-state index in [1.54, 1.807) is 0 Å². The van der Waals surface area contributed by atoms with Crippen molar-refractivity contribution in [3.63, 3.8) is 0 Å². The maximum atomic E-state index is 3.79. The van der Waals surface area contributed by atoms with Gasteiger partial charge in [0.15, 0.2) is 0 Å². The largest absolute Gasteiger partial charge is 0.342 e. The lowest BCUT2D eigenvalue weighted by molar-refractivity contribution is 0.491. The first-order valence-electron chi connectivity index (χ1n) is 10.1. The van der Waals surface area contributed by atoms with E-state index < -0.39 is 0 Å². The molecular weight excluding hydrogens is 326 g/mol. The van der Waals surface area contributed by atoms with Crippen LogP contribution in [0.25, 0.3) is 0 Å². The summed E-state index contributed by atoms with van der Waals surface area (Å²) >= 11 is 0. The van der Waals surface area contributed by atoms with E-state index in [0.29, 0.717) is 6.04 Å². The van der Waals surface area contributed by atoms with Gasteiger partial charge in [0.25, 0.3) is 0 Å². The molecule has 0 heterocycles. The Kier molecular flexibility index (Phi) is 6.57. The van der Waals surface area contributed by atoms with Crippen molar-refractivity contribution >= 4 is 5.69 Å². The maximum Gasteiger partial charge on any atom is 0.0411 e. The summed E-state index contributed by atoms with van der Waals surface area (Å²) in [6.07, 6.45) is 12.8. The second kappa shape index (κ2) is 8.33. The van der Waals surface area contributed by atoms with E-state index >= 15 is 0 Å². The van der Waals surface area contributed by atoms with Crippen LogP contribution in [-0.4, -0.2) is 6.04 Å². The van der Waals surface area contributed by atoms with Gasteiger partial charge in [-0.2, -0.15) is 0 Å². The topological polar surface area (TPSA) is 3.24 Å². The lowest BCUT2D eigenvalue weighted by Gasteiger charge is -2.34. The fourth-order valence-corrected chi connectivity index (χ4v) is 3.49. The normalized spacial score (nSPS) is 16.3. The van der Waals surface area contributed by atoms with Gasteiger partial charge in [0.1, 0.15) is 0 Å². The molecule has 0 aliphatic heterocycles. The van der Waals surface area contributed by atoms with Crippen LogP contribution in [0, 0.1) is 5.41 Å². The molecule has 0 N–H and O–H groups in total. The highest BCUT2D eigenvalue weighted by atomic mass is 15.2. The van der Waals surface area contributed by atoms with Crippen LogP contribution in [0.15, 0.2) is 72.5 Å². The number of nitrogens with zero attached hydrogens (tertiary/aromatic N) is 1. The minimum atomic E-state index is 0.176.